The van der Waals surface area contributed by atoms with Gasteiger partial charge < -0.3 is 9.64 Å². The molecular formula is C22H24ClN5O2. The Morgan fingerprint density at radius 1 is 1.20 bits per heavy atom. The molecule has 156 valence electrons. The number of hydrogen-bond donors (Lipinski definition) is 0. The van der Waals surface area contributed by atoms with Crippen LogP contribution in [0.5, 0.6) is 5.75 Å². The van der Waals surface area contributed by atoms with Crippen LogP contribution in [-0.2, 0) is 32.0 Å². The van der Waals surface area contributed by atoms with Gasteiger partial charge in [-0.05, 0) is 26.0 Å². The van der Waals surface area contributed by atoms with Gasteiger partial charge in [-0.15, -0.1) is 0 Å². The fraction of sp³-hybridized carbons (Fsp3) is 0.318. The number of para-hydroxylation sites is 1. The number of fused-ring (bicyclic) bond motifs is 1. The Balaban J connectivity index is 1.68. The van der Waals surface area contributed by atoms with E-state index in [4.69, 9.17) is 16.3 Å². The number of halogens is 1. The van der Waals surface area contributed by atoms with Crippen LogP contribution in [0.2, 0.25) is 5.02 Å². The normalized spacial score (nSPS) is 12.9. The first-order valence-corrected chi connectivity index (χ1v) is 10.1. The van der Waals surface area contributed by atoms with Crippen molar-refractivity contribution < 1.29 is 9.53 Å². The van der Waals surface area contributed by atoms with Crippen LogP contribution < -0.4 is 4.74 Å². The van der Waals surface area contributed by atoms with Crippen LogP contribution in [-0.4, -0.2) is 37.0 Å². The van der Waals surface area contributed by atoms with Crippen LogP contribution in [0.1, 0.15) is 28.2 Å². The van der Waals surface area contributed by atoms with E-state index in [1.165, 1.54) is 0 Å². The zero-order chi connectivity index (χ0) is 21.4. The van der Waals surface area contributed by atoms with Crippen molar-refractivity contribution in [2.45, 2.75) is 26.9 Å². The number of benzene rings is 1. The van der Waals surface area contributed by atoms with Crippen molar-refractivity contribution in [3.8, 4) is 5.75 Å². The number of rotatable bonds is 5. The third-order valence-electron chi connectivity index (χ3n) is 5.40. The first-order chi connectivity index (χ1) is 14.3. The van der Waals surface area contributed by atoms with Gasteiger partial charge in [-0.1, -0.05) is 29.8 Å². The summed E-state index contributed by atoms with van der Waals surface area (Å²) in [5.41, 5.74) is 5.10. The van der Waals surface area contributed by atoms with Gasteiger partial charge in [0.1, 0.15) is 18.1 Å². The van der Waals surface area contributed by atoms with Gasteiger partial charge in [-0.2, -0.15) is 10.2 Å². The number of carbonyl (C=O) groups is 1. The number of nitrogens with zero attached hydrogens (tertiary/aromatic N) is 5. The van der Waals surface area contributed by atoms with Crippen LogP contribution in [0.25, 0.3) is 6.08 Å². The van der Waals surface area contributed by atoms with E-state index in [2.05, 4.69) is 10.2 Å². The summed E-state index contributed by atoms with van der Waals surface area (Å²) in [6.07, 6.45) is 3.64. The zero-order valence-corrected chi connectivity index (χ0v) is 18.3. The molecule has 0 spiro atoms. The standard InChI is InChI=1S/C22H24ClN5O2/c1-14-18(15(2)27(4)24-14)10-28(12-20-19(23)11-26(3)25-20)22(29)17-9-16-7-5-6-8-21(16)30-13-17/h5-9,11H,10,12-13H2,1-4H3. The lowest BCUT2D eigenvalue weighted by Gasteiger charge is -2.26. The SMILES string of the molecule is Cc1nn(C)c(C)c1CN(Cc1nn(C)cc1Cl)C(=O)C1=Cc2ccccc2OC1. The summed E-state index contributed by atoms with van der Waals surface area (Å²) in [6.45, 7) is 4.90. The molecule has 0 bridgehead atoms. The number of aryl methyl sites for hydroxylation is 3. The van der Waals surface area contributed by atoms with Gasteiger partial charge in [0.2, 0.25) is 0 Å². The van der Waals surface area contributed by atoms with Crippen LogP contribution >= 0.6 is 11.6 Å². The Bertz CT molecular complexity index is 1140. The maximum Gasteiger partial charge on any atom is 0.253 e. The van der Waals surface area contributed by atoms with Gasteiger partial charge in [-0.25, -0.2) is 0 Å². The van der Waals surface area contributed by atoms with Gasteiger partial charge in [0.15, 0.2) is 0 Å². The number of carbonyl (C=O) groups excluding carboxylic acids is 1. The number of aromatic nitrogens is 4. The highest BCUT2D eigenvalue weighted by atomic mass is 35.5. The highest BCUT2D eigenvalue weighted by Gasteiger charge is 2.26. The van der Waals surface area contributed by atoms with E-state index in [0.29, 0.717) is 29.4 Å². The third kappa shape index (κ3) is 3.85. The topological polar surface area (TPSA) is 65.2 Å². The molecule has 0 saturated carbocycles. The third-order valence-corrected chi connectivity index (χ3v) is 5.71. The summed E-state index contributed by atoms with van der Waals surface area (Å²) in [5.74, 6) is 0.682. The molecule has 1 aliphatic heterocycles. The van der Waals surface area contributed by atoms with Gasteiger partial charge in [0, 0.05) is 37.1 Å². The predicted molar refractivity (Wildman–Crippen MR) is 115 cm³/mol. The second-order valence-electron chi connectivity index (χ2n) is 7.53. The molecule has 8 heteroatoms. The van der Waals surface area contributed by atoms with Crippen LogP contribution in [0.3, 0.4) is 0 Å². The van der Waals surface area contributed by atoms with E-state index < -0.39 is 0 Å². The first kappa shape index (κ1) is 20.2. The van der Waals surface area contributed by atoms with Gasteiger partial charge in [0.05, 0.1) is 29.4 Å². The smallest absolute Gasteiger partial charge is 0.253 e. The Morgan fingerprint density at radius 3 is 2.63 bits per heavy atom. The summed E-state index contributed by atoms with van der Waals surface area (Å²) in [5, 5.41) is 9.45. The van der Waals surface area contributed by atoms with Crippen LogP contribution in [0.15, 0.2) is 36.0 Å². The highest BCUT2D eigenvalue weighted by Crippen LogP contribution is 2.28. The molecule has 0 unspecified atom stereocenters. The zero-order valence-electron chi connectivity index (χ0n) is 17.5. The van der Waals surface area contributed by atoms with E-state index >= 15 is 0 Å². The molecule has 0 atom stereocenters. The number of ether oxygens (including phenoxy) is 1. The molecule has 7 nitrogen and oxygen atoms in total. The van der Waals surface area contributed by atoms with E-state index in [1.54, 1.807) is 15.8 Å². The summed E-state index contributed by atoms with van der Waals surface area (Å²) in [4.78, 5) is 15.3. The molecule has 1 amide bonds. The van der Waals surface area contributed by atoms with Gasteiger partial charge >= 0.3 is 0 Å². The predicted octanol–water partition coefficient (Wildman–Crippen LogP) is 3.43. The van der Waals surface area contributed by atoms with Crippen molar-refractivity contribution >= 4 is 23.6 Å². The fourth-order valence-electron chi connectivity index (χ4n) is 3.67. The molecule has 4 rings (SSSR count). The van der Waals surface area contributed by atoms with E-state index in [9.17, 15) is 4.79 Å². The minimum Gasteiger partial charge on any atom is -0.488 e. The maximum atomic E-state index is 13.5. The quantitative estimate of drug-likeness (QED) is 0.628. The maximum absolute atomic E-state index is 13.5. The molecule has 3 aromatic rings. The average molecular weight is 426 g/mol. The lowest BCUT2D eigenvalue weighted by atomic mass is 10.1. The second-order valence-corrected chi connectivity index (χ2v) is 7.93. The Kier molecular flexibility index (Phi) is 5.39. The summed E-state index contributed by atoms with van der Waals surface area (Å²) in [6, 6.07) is 7.70. The molecule has 1 aliphatic rings. The van der Waals surface area contributed by atoms with Crippen molar-refractivity contribution in [1.82, 2.24) is 24.5 Å². The minimum absolute atomic E-state index is 0.103. The molecule has 30 heavy (non-hydrogen) atoms. The number of amides is 1. The molecule has 0 aliphatic carbocycles. The summed E-state index contributed by atoms with van der Waals surface area (Å²) >= 11 is 6.34. The molecule has 0 N–H and O–H groups in total. The second kappa shape index (κ2) is 7.99. The largest absolute Gasteiger partial charge is 0.488 e. The summed E-state index contributed by atoms with van der Waals surface area (Å²) < 4.78 is 9.30. The molecule has 1 aromatic carbocycles. The van der Waals surface area contributed by atoms with Gasteiger partial charge in [0.25, 0.3) is 5.91 Å². The Hall–Kier alpha value is -3.06. The van der Waals surface area contributed by atoms with Crippen molar-refractivity contribution in [2.75, 3.05) is 6.61 Å². The molecule has 0 saturated heterocycles. The van der Waals surface area contributed by atoms with Crippen molar-refractivity contribution in [3.63, 3.8) is 0 Å². The Morgan fingerprint density at radius 2 is 1.97 bits per heavy atom. The molecular weight excluding hydrogens is 402 g/mol. The number of hydrogen-bond acceptors (Lipinski definition) is 4. The van der Waals surface area contributed by atoms with Crippen molar-refractivity contribution in [2.24, 2.45) is 14.1 Å². The lowest BCUT2D eigenvalue weighted by molar-refractivity contribution is -0.128. The molecule has 0 radical (unpaired) electrons. The molecule has 2 aromatic heterocycles. The fourth-order valence-corrected chi connectivity index (χ4v) is 3.91. The highest BCUT2D eigenvalue weighted by molar-refractivity contribution is 6.31. The first-order valence-electron chi connectivity index (χ1n) is 9.72. The van der Waals surface area contributed by atoms with E-state index in [1.807, 2.05) is 63.0 Å². The average Bonchev–Trinajstić information content (AvgIpc) is 3.17. The van der Waals surface area contributed by atoms with Crippen LogP contribution in [0.4, 0.5) is 0 Å². The Labute approximate surface area is 180 Å². The monoisotopic (exact) mass is 425 g/mol. The minimum atomic E-state index is -0.103. The van der Waals surface area contributed by atoms with Crippen molar-refractivity contribution in [3.05, 3.63) is 69.3 Å². The van der Waals surface area contributed by atoms with Crippen LogP contribution in [0, 0.1) is 13.8 Å². The molecule has 3 heterocycles. The van der Waals surface area contributed by atoms with Crippen molar-refractivity contribution in [1.29, 1.82) is 0 Å². The van der Waals surface area contributed by atoms with E-state index in [-0.39, 0.29) is 12.5 Å². The van der Waals surface area contributed by atoms with E-state index in [0.717, 1.165) is 28.3 Å². The van der Waals surface area contributed by atoms with Gasteiger partial charge in [-0.3, -0.25) is 14.2 Å². The summed E-state index contributed by atoms with van der Waals surface area (Å²) in [7, 11) is 3.72. The lowest BCUT2D eigenvalue weighted by Crippen LogP contribution is -2.34. The molecule has 0 fully saturated rings.